The minimum absolute atomic E-state index is 0.191. The van der Waals surface area contributed by atoms with Gasteiger partial charge in [0, 0.05) is 6.61 Å². The van der Waals surface area contributed by atoms with Gasteiger partial charge in [0.15, 0.2) is 9.84 Å². The van der Waals surface area contributed by atoms with E-state index < -0.39 is 20.9 Å². The molecule has 1 heterocycles. The molecule has 0 bridgehead atoms. The van der Waals surface area contributed by atoms with Gasteiger partial charge in [0.2, 0.25) is 0 Å². The zero-order valence-electron chi connectivity index (χ0n) is 10.5. The minimum Gasteiger partial charge on any atom is -0.377 e. The lowest BCUT2D eigenvalue weighted by atomic mass is 10.1. The van der Waals surface area contributed by atoms with Gasteiger partial charge >= 0.3 is 0 Å². The van der Waals surface area contributed by atoms with Crippen molar-refractivity contribution in [2.75, 3.05) is 6.61 Å². The maximum atomic E-state index is 13.2. The fraction of sp³-hybridized carbons (Fsp3) is 0.462. The number of benzene rings is 1. The molecule has 2 unspecified atom stereocenters. The molecule has 1 aromatic carbocycles. The fourth-order valence-electron chi connectivity index (χ4n) is 2.30. The van der Waals surface area contributed by atoms with Crippen molar-refractivity contribution < 1.29 is 17.5 Å². The molecule has 0 saturated carbocycles. The second-order valence-electron chi connectivity index (χ2n) is 4.62. The van der Waals surface area contributed by atoms with Gasteiger partial charge in [0.05, 0.1) is 28.7 Å². The van der Waals surface area contributed by atoms with Crippen molar-refractivity contribution in [2.45, 2.75) is 30.5 Å². The first-order valence-corrected chi connectivity index (χ1v) is 7.67. The van der Waals surface area contributed by atoms with Gasteiger partial charge in [-0.3, -0.25) is 0 Å². The summed E-state index contributed by atoms with van der Waals surface area (Å²) in [4.78, 5) is 0. The highest BCUT2D eigenvalue weighted by molar-refractivity contribution is 7.91. The van der Waals surface area contributed by atoms with Crippen LogP contribution in [0.3, 0.4) is 0 Å². The van der Waals surface area contributed by atoms with E-state index in [0.717, 1.165) is 12.1 Å². The molecule has 1 saturated heterocycles. The lowest BCUT2D eigenvalue weighted by Gasteiger charge is -2.15. The molecule has 2 atom stereocenters. The summed E-state index contributed by atoms with van der Waals surface area (Å²) in [6, 6.07) is 5.44. The summed E-state index contributed by atoms with van der Waals surface area (Å²) in [6.45, 7) is 2.13. The highest BCUT2D eigenvalue weighted by atomic mass is 32.2. The highest BCUT2D eigenvalue weighted by Gasteiger charge is 2.36. The summed E-state index contributed by atoms with van der Waals surface area (Å²) in [5.74, 6) is -0.869. The van der Waals surface area contributed by atoms with Crippen molar-refractivity contribution in [3.05, 3.63) is 35.1 Å². The molecule has 6 heteroatoms. The lowest BCUT2D eigenvalue weighted by molar-refractivity contribution is 0.126. The highest BCUT2D eigenvalue weighted by Crippen LogP contribution is 2.25. The van der Waals surface area contributed by atoms with Crippen LogP contribution in [0.25, 0.3) is 0 Å². The summed E-state index contributed by atoms with van der Waals surface area (Å²) in [6.07, 6.45) is 0.0878. The number of hydrogen-bond donors (Lipinski definition) is 0. The van der Waals surface area contributed by atoms with Crippen LogP contribution in [-0.4, -0.2) is 26.4 Å². The largest absolute Gasteiger partial charge is 0.377 e. The van der Waals surface area contributed by atoms with Gasteiger partial charge in [-0.2, -0.15) is 5.26 Å². The Morgan fingerprint density at radius 1 is 1.53 bits per heavy atom. The van der Waals surface area contributed by atoms with Gasteiger partial charge < -0.3 is 4.74 Å². The molecule has 0 aromatic heterocycles. The molecule has 19 heavy (non-hydrogen) atoms. The number of halogens is 1. The maximum Gasteiger partial charge on any atom is 0.159 e. The van der Waals surface area contributed by atoms with E-state index >= 15 is 0 Å². The summed E-state index contributed by atoms with van der Waals surface area (Å²) in [7, 11) is -3.45. The van der Waals surface area contributed by atoms with E-state index in [0.29, 0.717) is 13.0 Å². The normalized spacial score (nSPS) is 23.2. The Morgan fingerprint density at radius 2 is 2.26 bits per heavy atom. The van der Waals surface area contributed by atoms with Crippen LogP contribution in [0.1, 0.15) is 24.5 Å². The predicted octanol–water partition coefficient (Wildman–Crippen LogP) is 1.79. The molecule has 1 aliphatic heterocycles. The van der Waals surface area contributed by atoms with Crippen molar-refractivity contribution >= 4 is 9.84 Å². The van der Waals surface area contributed by atoms with Gasteiger partial charge in [-0.15, -0.1) is 0 Å². The second-order valence-corrected chi connectivity index (χ2v) is 6.84. The molecule has 1 aromatic rings. The minimum atomic E-state index is -3.45. The molecule has 0 spiro atoms. The molecule has 0 radical (unpaired) electrons. The van der Waals surface area contributed by atoms with Crippen molar-refractivity contribution in [3.8, 4) is 6.07 Å². The third kappa shape index (κ3) is 2.94. The van der Waals surface area contributed by atoms with E-state index in [4.69, 9.17) is 10.00 Å². The van der Waals surface area contributed by atoms with E-state index in [1.54, 1.807) is 6.92 Å². The third-order valence-corrected chi connectivity index (χ3v) is 5.57. The maximum absolute atomic E-state index is 13.2. The van der Waals surface area contributed by atoms with Crippen molar-refractivity contribution in [1.29, 1.82) is 5.26 Å². The van der Waals surface area contributed by atoms with Crippen LogP contribution < -0.4 is 0 Å². The van der Waals surface area contributed by atoms with Crippen LogP contribution in [0.2, 0.25) is 0 Å². The number of nitriles is 1. The monoisotopic (exact) mass is 283 g/mol. The molecular formula is C13H14FNO3S. The number of sulfone groups is 1. The summed E-state index contributed by atoms with van der Waals surface area (Å²) in [5.41, 5.74) is 0.401. The van der Waals surface area contributed by atoms with Gasteiger partial charge in [-0.05, 0) is 37.1 Å². The molecule has 1 aliphatic rings. The lowest BCUT2D eigenvalue weighted by Crippen LogP contribution is -2.29. The molecule has 1 fully saturated rings. The zero-order chi connectivity index (χ0) is 14.0. The topological polar surface area (TPSA) is 67.2 Å². The van der Waals surface area contributed by atoms with Crippen LogP contribution >= 0.6 is 0 Å². The first-order chi connectivity index (χ1) is 8.94. The van der Waals surface area contributed by atoms with Gasteiger partial charge in [-0.25, -0.2) is 12.8 Å². The van der Waals surface area contributed by atoms with Crippen LogP contribution in [-0.2, 0) is 20.3 Å². The van der Waals surface area contributed by atoms with E-state index in [9.17, 15) is 12.8 Å². The van der Waals surface area contributed by atoms with E-state index in [1.807, 2.05) is 6.07 Å². The van der Waals surface area contributed by atoms with Crippen LogP contribution in [0.5, 0.6) is 0 Å². The Labute approximate surface area is 111 Å². The zero-order valence-corrected chi connectivity index (χ0v) is 11.3. The Hall–Kier alpha value is -1.45. The summed E-state index contributed by atoms with van der Waals surface area (Å²) in [5, 5.41) is 8.35. The SMILES string of the molecule is CC1OCCC1S(=O)(=O)Cc1cc(F)ccc1C#N. The molecule has 0 amide bonds. The third-order valence-electron chi connectivity index (χ3n) is 3.31. The number of nitrogens with zero attached hydrogens (tertiary/aromatic N) is 1. The van der Waals surface area contributed by atoms with E-state index in [2.05, 4.69) is 0 Å². The van der Waals surface area contributed by atoms with Gasteiger partial charge in [0.25, 0.3) is 0 Å². The molecule has 0 N–H and O–H groups in total. The number of ether oxygens (including phenoxy) is 1. The first kappa shape index (κ1) is 14.0. The number of hydrogen-bond acceptors (Lipinski definition) is 4. The molecule has 4 nitrogen and oxygen atoms in total. The van der Waals surface area contributed by atoms with Crippen LogP contribution in [0.4, 0.5) is 4.39 Å². The Balaban J connectivity index is 2.30. The van der Waals surface area contributed by atoms with Crippen molar-refractivity contribution in [3.63, 3.8) is 0 Å². The van der Waals surface area contributed by atoms with Crippen LogP contribution in [0.15, 0.2) is 18.2 Å². The molecule has 0 aliphatic carbocycles. The van der Waals surface area contributed by atoms with Crippen molar-refractivity contribution in [1.82, 2.24) is 0 Å². The standard InChI is InChI=1S/C13H14FNO3S/c1-9-13(4-5-18-9)19(16,17)8-11-6-12(14)3-2-10(11)7-15/h2-3,6,9,13H,4-5,8H2,1H3. The van der Waals surface area contributed by atoms with Crippen LogP contribution in [0, 0.1) is 17.1 Å². The predicted molar refractivity (Wildman–Crippen MR) is 67.6 cm³/mol. The Bertz CT molecular complexity index is 621. The molecular weight excluding hydrogens is 269 g/mol. The quantitative estimate of drug-likeness (QED) is 0.848. The second kappa shape index (κ2) is 5.27. The smallest absolute Gasteiger partial charge is 0.159 e. The number of rotatable bonds is 3. The average Bonchev–Trinajstić information content (AvgIpc) is 2.76. The Kier molecular flexibility index (Phi) is 3.88. The van der Waals surface area contributed by atoms with E-state index in [-0.39, 0.29) is 23.0 Å². The summed E-state index contributed by atoms with van der Waals surface area (Å²) < 4.78 is 43.0. The molecule has 102 valence electrons. The van der Waals surface area contributed by atoms with Gasteiger partial charge in [0.1, 0.15) is 5.82 Å². The van der Waals surface area contributed by atoms with Gasteiger partial charge in [-0.1, -0.05) is 0 Å². The van der Waals surface area contributed by atoms with E-state index in [1.165, 1.54) is 6.07 Å². The summed E-state index contributed by atoms with van der Waals surface area (Å²) >= 11 is 0. The average molecular weight is 283 g/mol. The fourth-order valence-corrected chi connectivity index (χ4v) is 4.30. The first-order valence-electron chi connectivity index (χ1n) is 5.96. The molecule has 2 rings (SSSR count). The Morgan fingerprint density at radius 3 is 2.84 bits per heavy atom. The van der Waals surface area contributed by atoms with Crippen molar-refractivity contribution in [2.24, 2.45) is 0 Å².